The normalized spacial score (nSPS) is 22.3. The molecule has 0 aromatic carbocycles. The van der Waals surface area contributed by atoms with Gasteiger partial charge in [-0.05, 0) is 19.4 Å². The van der Waals surface area contributed by atoms with Crippen molar-refractivity contribution in [3.63, 3.8) is 0 Å². The molecular weight excluding hydrogens is 169 g/mol. The highest BCUT2D eigenvalue weighted by Gasteiger charge is 2.22. The molecule has 0 spiro atoms. The number of hydrogen-bond donors (Lipinski definition) is 0. The summed E-state index contributed by atoms with van der Waals surface area (Å²) >= 11 is 0. The fourth-order valence-electron chi connectivity index (χ4n) is 1.55. The lowest BCUT2D eigenvalue weighted by Crippen LogP contribution is -2.21. The Morgan fingerprint density at radius 1 is 1.62 bits per heavy atom. The fraction of sp³-hybridized carbons (Fsp3) is 0.556. The minimum Gasteiger partial charge on any atom is -0.353 e. The Hall–Kier alpha value is -1.19. The number of hydrogen-bond acceptors (Lipinski definition) is 3. The van der Waals surface area contributed by atoms with E-state index in [-0.39, 0.29) is 0 Å². The van der Waals surface area contributed by atoms with E-state index >= 15 is 0 Å². The van der Waals surface area contributed by atoms with Crippen molar-refractivity contribution in [2.75, 3.05) is 18.0 Å². The van der Waals surface area contributed by atoms with Gasteiger partial charge in [-0.3, -0.25) is 0 Å². The summed E-state index contributed by atoms with van der Waals surface area (Å²) in [5, 5.41) is 0. The summed E-state index contributed by atoms with van der Waals surface area (Å²) < 4.78 is 12.9. The van der Waals surface area contributed by atoms with Gasteiger partial charge in [0.05, 0.1) is 6.54 Å². The standard InChI is InChI=1S/C9H12FN3/c1-7-11-4-2-9(12-7)13-5-3-8(10)6-13/h2,4,8H,3,5-6H2,1H3. The number of nitrogens with zero attached hydrogens (tertiary/aromatic N) is 3. The van der Waals surface area contributed by atoms with Crippen molar-refractivity contribution >= 4 is 5.82 Å². The predicted octanol–water partition coefficient (Wildman–Crippen LogP) is 1.33. The molecule has 70 valence electrons. The van der Waals surface area contributed by atoms with Crippen molar-refractivity contribution in [2.24, 2.45) is 0 Å². The molecule has 1 aliphatic rings. The van der Waals surface area contributed by atoms with E-state index in [9.17, 15) is 4.39 Å². The molecule has 1 saturated heterocycles. The lowest BCUT2D eigenvalue weighted by molar-refractivity contribution is 0.364. The first kappa shape index (κ1) is 8.41. The van der Waals surface area contributed by atoms with Gasteiger partial charge < -0.3 is 4.90 Å². The summed E-state index contributed by atoms with van der Waals surface area (Å²) in [6.07, 6.45) is 1.63. The van der Waals surface area contributed by atoms with E-state index in [2.05, 4.69) is 9.97 Å². The van der Waals surface area contributed by atoms with Crippen LogP contribution in [0.5, 0.6) is 0 Å². The number of aromatic nitrogens is 2. The quantitative estimate of drug-likeness (QED) is 0.654. The molecule has 3 nitrogen and oxygen atoms in total. The van der Waals surface area contributed by atoms with E-state index in [0.717, 1.165) is 18.2 Å². The van der Waals surface area contributed by atoms with Crippen LogP contribution in [-0.4, -0.2) is 29.2 Å². The van der Waals surface area contributed by atoms with Crippen LogP contribution in [0.1, 0.15) is 12.2 Å². The maximum absolute atomic E-state index is 12.9. The predicted molar refractivity (Wildman–Crippen MR) is 48.5 cm³/mol. The molecule has 2 heterocycles. The first-order chi connectivity index (χ1) is 6.25. The molecular formula is C9H12FN3. The van der Waals surface area contributed by atoms with Crippen LogP contribution in [-0.2, 0) is 0 Å². The Kier molecular flexibility index (Phi) is 2.12. The van der Waals surface area contributed by atoms with Gasteiger partial charge in [0.1, 0.15) is 17.8 Å². The second-order valence-electron chi connectivity index (χ2n) is 3.29. The number of rotatable bonds is 1. The zero-order chi connectivity index (χ0) is 9.26. The molecule has 0 bridgehead atoms. The van der Waals surface area contributed by atoms with Crippen LogP contribution >= 0.6 is 0 Å². The second kappa shape index (κ2) is 3.28. The van der Waals surface area contributed by atoms with Crippen LogP contribution in [0, 0.1) is 6.92 Å². The van der Waals surface area contributed by atoms with E-state index in [1.165, 1.54) is 0 Å². The Morgan fingerprint density at radius 2 is 2.46 bits per heavy atom. The van der Waals surface area contributed by atoms with Crippen molar-refractivity contribution in [1.29, 1.82) is 0 Å². The average molecular weight is 181 g/mol. The summed E-state index contributed by atoms with van der Waals surface area (Å²) in [5.41, 5.74) is 0. The van der Waals surface area contributed by atoms with Crippen molar-refractivity contribution in [1.82, 2.24) is 9.97 Å². The zero-order valence-electron chi connectivity index (χ0n) is 7.57. The van der Waals surface area contributed by atoms with E-state index in [1.54, 1.807) is 6.20 Å². The van der Waals surface area contributed by atoms with E-state index < -0.39 is 6.17 Å². The maximum Gasteiger partial charge on any atom is 0.132 e. The largest absolute Gasteiger partial charge is 0.353 e. The molecule has 4 heteroatoms. The Labute approximate surface area is 76.6 Å². The molecule has 1 unspecified atom stereocenters. The van der Waals surface area contributed by atoms with Gasteiger partial charge in [-0.2, -0.15) is 0 Å². The van der Waals surface area contributed by atoms with Crippen molar-refractivity contribution in [3.05, 3.63) is 18.1 Å². The minimum absolute atomic E-state index is 0.469. The molecule has 1 aromatic rings. The zero-order valence-corrected chi connectivity index (χ0v) is 7.57. The SMILES string of the molecule is Cc1nccc(N2CCC(F)C2)n1. The summed E-state index contributed by atoms with van der Waals surface area (Å²) in [7, 11) is 0. The van der Waals surface area contributed by atoms with Crippen LogP contribution < -0.4 is 4.90 Å². The second-order valence-corrected chi connectivity index (χ2v) is 3.29. The van der Waals surface area contributed by atoms with Crippen molar-refractivity contribution < 1.29 is 4.39 Å². The van der Waals surface area contributed by atoms with E-state index in [4.69, 9.17) is 0 Å². The van der Waals surface area contributed by atoms with Crippen LogP contribution in [0.4, 0.5) is 10.2 Å². The molecule has 1 aliphatic heterocycles. The van der Waals surface area contributed by atoms with Crippen molar-refractivity contribution in [2.45, 2.75) is 19.5 Å². The number of alkyl halides is 1. The summed E-state index contributed by atoms with van der Waals surface area (Å²) in [6.45, 7) is 3.07. The molecule has 13 heavy (non-hydrogen) atoms. The summed E-state index contributed by atoms with van der Waals surface area (Å²) in [4.78, 5) is 10.2. The fourth-order valence-corrected chi connectivity index (χ4v) is 1.55. The molecule has 0 N–H and O–H groups in total. The highest BCUT2D eigenvalue weighted by molar-refractivity contribution is 5.38. The number of halogens is 1. The molecule has 1 atom stereocenters. The monoisotopic (exact) mass is 181 g/mol. The minimum atomic E-state index is -0.699. The number of aryl methyl sites for hydroxylation is 1. The van der Waals surface area contributed by atoms with Gasteiger partial charge in [0.15, 0.2) is 0 Å². The molecule has 0 radical (unpaired) electrons. The van der Waals surface area contributed by atoms with Gasteiger partial charge in [0.25, 0.3) is 0 Å². The molecule has 1 aromatic heterocycles. The highest BCUT2D eigenvalue weighted by atomic mass is 19.1. The lowest BCUT2D eigenvalue weighted by atomic mass is 10.3. The van der Waals surface area contributed by atoms with Crippen LogP contribution in [0.25, 0.3) is 0 Å². The average Bonchev–Trinajstić information content (AvgIpc) is 2.52. The Bertz CT molecular complexity index is 303. The Morgan fingerprint density at radius 3 is 3.08 bits per heavy atom. The van der Waals surface area contributed by atoms with E-state index in [0.29, 0.717) is 13.0 Å². The first-order valence-electron chi connectivity index (χ1n) is 4.44. The highest BCUT2D eigenvalue weighted by Crippen LogP contribution is 2.18. The summed E-state index contributed by atoms with van der Waals surface area (Å²) in [6, 6.07) is 1.82. The lowest BCUT2D eigenvalue weighted by Gasteiger charge is -2.15. The van der Waals surface area contributed by atoms with Crippen LogP contribution in [0.3, 0.4) is 0 Å². The van der Waals surface area contributed by atoms with Crippen molar-refractivity contribution in [3.8, 4) is 0 Å². The molecule has 0 amide bonds. The van der Waals surface area contributed by atoms with Gasteiger partial charge in [-0.25, -0.2) is 14.4 Å². The van der Waals surface area contributed by atoms with Gasteiger partial charge >= 0.3 is 0 Å². The van der Waals surface area contributed by atoms with E-state index in [1.807, 2.05) is 17.9 Å². The maximum atomic E-state index is 12.9. The molecule has 2 rings (SSSR count). The third-order valence-electron chi connectivity index (χ3n) is 2.22. The molecule has 1 fully saturated rings. The number of anilines is 1. The van der Waals surface area contributed by atoms with Crippen LogP contribution in [0.2, 0.25) is 0 Å². The third-order valence-corrected chi connectivity index (χ3v) is 2.22. The summed E-state index contributed by atoms with van der Waals surface area (Å²) in [5.74, 6) is 1.58. The van der Waals surface area contributed by atoms with Gasteiger partial charge in [0, 0.05) is 12.7 Å². The third kappa shape index (κ3) is 1.76. The van der Waals surface area contributed by atoms with Gasteiger partial charge in [-0.15, -0.1) is 0 Å². The van der Waals surface area contributed by atoms with Gasteiger partial charge in [-0.1, -0.05) is 0 Å². The molecule has 0 aliphatic carbocycles. The molecule has 0 saturated carbocycles. The Balaban J connectivity index is 2.16. The topological polar surface area (TPSA) is 29.0 Å². The van der Waals surface area contributed by atoms with Crippen LogP contribution in [0.15, 0.2) is 12.3 Å². The van der Waals surface area contributed by atoms with Gasteiger partial charge in [0.2, 0.25) is 0 Å². The first-order valence-corrected chi connectivity index (χ1v) is 4.44. The smallest absolute Gasteiger partial charge is 0.132 e.